The third kappa shape index (κ3) is 3.61. The molecule has 0 aromatic carbocycles. The van der Waals surface area contributed by atoms with E-state index < -0.39 is 16.3 Å². The van der Waals surface area contributed by atoms with Gasteiger partial charge in [0.2, 0.25) is 0 Å². The molecule has 0 fully saturated rings. The molecular formula is C15H31NSi2. The van der Waals surface area contributed by atoms with Crippen molar-refractivity contribution in [1.82, 2.24) is 4.57 Å². The molecule has 0 N–H and O–H groups in total. The van der Waals surface area contributed by atoms with Crippen molar-refractivity contribution in [3.05, 3.63) is 23.5 Å². The van der Waals surface area contributed by atoms with Crippen LogP contribution in [0.1, 0.15) is 20.8 Å². The third-order valence-electron chi connectivity index (χ3n) is 3.56. The number of rotatable bonds is 2. The fourth-order valence-electron chi connectivity index (χ4n) is 2.32. The predicted molar refractivity (Wildman–Crippen MR) is 89.0 cm³/mol. The molecule has 0 saturated heterocycles. The molecule has 1 nitrogen and oxygen atoms in total. The Hall–Kier alpha value is -0.286. The van der Waals surface area contributed by atoms with Crippen molar-refractivity contribution in [1.29, 1.82) is 0 Å². The highest BCUT2D eigenvalue weighted by atomic mass is 28.3. The first kappa shape index (κ1) is 15.8. The molecule has 0 bridgehead atoms. The van der Waals surface area contributed by atoms with Crippen LogP contribution in [0.5, 0.6) is 0 Å². The Bertz CT molecular complexity index is 361. The van der Waals surface area contributed by atoms with E-state index in [9.17, 15) is 0 Å². The molecule has 0 saturated carbocycles. The quantitative estimate of drug-likeness (QED) is 0.653. The lowest BCUT2D eigenvalue weighted by molar-refractivity contribution is 0.251. The van der Waals surface area contributed by atoms with Gasteiger partial charge in [-0.2, -0.15) is 0 Å². The Kier molecular flexibility index (Phi) is 4.10. The molecular weight excluding hydrogens is 250 g/mol. The highest BCUT2D eigenvalue weighted by Crippen LogP contribution is 2.34. The lowest BCUT2D eigenvalue weighted by atomic mass is 9.86. The first-order valence-electron chi connectivity index (χ1n) is 7.02. The molecule has 0 spiro atoms. The summed E-state index contributed by atoms with van der Waals surface area (Å²) < 4.78 is 2.70. The van der Waals surface area contributed by atoms with Gasteiger partial charge in [-0.1, -0.05) is 72.2 Å². The molecule has 1 aliphatic rings. The van der Waals surface area contributed by atoms with Crippen LogP contribution in [-0.4, -0.2) is 26.9 Å². The first-order chi connectivity index (χ1) is 7.83. The zero-order valence-electron chi connectivity index (χ0n) is 13.8. The molecule has 0 aliphatic carbocycles. The van der Waals surface area contributed by atoms with E-state index in [4.69, 9.17) is 0 Å². The van der Waals surface area contributed by atoms with E-state index >= 15 is 0 Å². The van der Waals surface area contributed by atoms with Gasteiger partial charge in [0, 0.05) is 6.04 Å². The summed E-state index contributed by atoms with van der Waals surface area (Å²) in [4.78, 5) is 0. The molecule has 1 atom stereocenters. The second kappa shape index (κ2) is 4.67. The average molecular weight is 282 g/mol. The summed E-state index contributed by atoms with van der Waals surface area (Å²) in [6, 6.07) is 0.546. The lowest BCUT2D eigenvalue weighted by Crippen LogP contribution is -2.54. The summed E-state index contributed by atoms with van der Waals surface area (Å²) in [5.74, 6) is 0. The Morgan fingerprint density at radius 2 is 1.50 bits per heavy atom. The largest absolute Gasteiger partial charge is 0.397 e. The van der Waals surface area contributed by atoms with Crippen LogP contribution in [0, 0.1) is 5.41 Å². The number of hydrogen-bond acceptors (Lipinski definition) is 1. The summed E-state index contributed by atoms with van der Waals surface area (Å²) in [5.41, 5.74) is 0.304. The fraction of sp³-hybridized carbons (Fsp3) is 0.733. The van der Waals surface area contributed by atoms with E-state index in [-0.39, 0.29) is 0 Å². The van der Waals surface area contributed by atoms with Crippen molar-refractivity contribution in [2.45, 2.75) is 66.1 Å². The van der Waals surface area contributed by atoms with Crippen molar-refractivity contribution < 1.29 is 0 Å². The van der Waals surface area contributed by atoms with Gasteiger partial charge in [-0.3, -0.25) is 0 Å². The molecule has 18 heavy (non-hydrogen) atoms. The topological polar surface area (TPSA) is 3.24 Å². The van der Waals surface area contributed by atoms with E-state index in [0.717, 1.165) is 0 Å². The molecule has 1 heterocycles. The van der Waals surface area contributed by atoms with Gasteiger partial charge in [0.25, 0.3) is 0 Å². The number of hydrogen-bond donors (Lipinski definition) is 0. The minimum atomic E-state index is -1.32. The summed E-state index contributed by atoms with van der Waals surface area (Å²) in [6.07, 6.45) is 7.35. The van der Waals surface area contributed by atoms with Crippen LogP contribution in [0.15, 0.2) is 23.5 Å². The Labute approximate surface area is 116 Å². The maximum absolute atomic E-state index is 2.70. The van der Waals surface area contributed by atoms with Crippen LogP contribution in [0.25, 0.3) is 0 Å². The fourth-order valence-corrected chi connectivity index (χ4v) is 5.41. The normalized spacial score (nSPS) is 22.2. The van der Waals surface area contributed by atoms with Crippen LogP contribution in [-0.2, 0) is 0 Å². The van der Waals surface area contributed by atoms with Crippen molar-refractivity contribution in [2.24, 2.45) is 5.41 Å². The minimum absolute atomic E-state index is 0.304. The van der Waals surface area contributed by atoms with Gasteiger partial charge in [-0.25, -0.2) is 0 Å². The van der Waals surface area contributed by atoms with Crippen molar-refractivity contribution >= 4 is 16.3 Å². The highest BCUT2D eigenvalue weighted by molar-refractivity contribution is 6.84. The highest BCUT2D eigenvalue weighted by Gasteiger charge is 2.36. The maximum Gasteiger partial charge on any atom is 0.147 e. The van der Waals surface area contributed by atoms with Crippen LogP contribution in [0.4, 0.5) is 0 Å². The average Bonchev–Trinajstić information content (AvgIpc) is 2.12. The van der Waals surface area contributed by atoms with Crippen molar-refractivity contribution in [3.8, 4) is 0 Å². The predicted octanol–water partition coefficient (Wildman–Crippen LogP) is 4.87. The summed E-state index contributed by atoms with van der Waals surface area (Å²) in [7, 11) is -2.53. The van der Waals surface area contributed by atoms with E-state index in [1.165, 1.54) is 0 Å². The smallest absolute Gasteiger partial charge is 0.147 e. The summed E-state index contributed by atoms with van der Waals surface area (Å²) in [5, 5.41) is 1.59. The van der Waals surface area contributed by atoms with Crippen LogP contribution < -0.4 is 0 Å². The van der Waals surface area contributed by atoms with Gasteiger partial charge >= 0.3 is 0 Å². The molecule has 0 aromatic rings. The molecule has 1 unspecified atom stereocenters. The zero-order valence-corrected chi connectivity index (χ0v) is 15.8. The minimum Gasteiger partial charge on any atom is -0.397 e. The van der Waals surface area contributed by atoms with Gasteiger partial charge in [0.15, 0.2) is 0 Å². The van der Waals surface area contributed by atoms with Gasteiger partial charge in [0.05, 0.1) is 8.07 Å². The SMILES string of the molecule is CC(C)(C)C1C=CC([Si](C)(C)C)=CN1[Si](C)(C)C. The van der Waals surface area contributed by atoms with Crippen molar-refractivity contribution in [3.63, 3.8) is 0 Å². The molecule has 0 aromatic heterocycles. The van der Waals surface area contributed by atoms with Crippen LogP contribution in [0.2, 0.25) is 39.3 Å². The third-order valence-corrected chi connectivity index (χ3v) is 7.55. The maximum atomic E-state index is 2.70. The molecule has 3 heteroatoms. The lowest BCUT2D eigenvalue weighted by Gasteiger charge is -2.48. The Balaban J connectivity index is 3.18. The number of allylic oxidation sites excluding steroid dienone is 2. The van der Waals surface area contributed by atoms with E-state index in [1.54, 1.807) is 5.20 Å². The van der Waals surface area contributed by atoms with Gasteiger partial charge in [-0.05, 0) is 16.8 Å². The molecule has 1 rings (SSSR count). The first-order valence-corrected chi connectivity index (χ1v) is 14.0. The van der Waals surface area contributed by atoms with Crippen molar-refractivity contribution in [2.75, 3.05) is 0 Å². The zero-order chi connectivity index (χ0) is 14.4. The second-order valence-electron chi connectivity index (χ2n) is 8.58. The molecule has 0 amide bonds. The van der Waals surface area contributed by atoms with Crippen LogP contribution >= 0.6 is 0 Å². The monoisotopic (exact) mass is 281 g/mol. The Morgan fingerprint density at radius 3 is 1.83 bits per heavy atom. The van der Waals surface area contributed by atoms with E-state index in [2.05, 4.69) is 83.0 Å². The standard InChI is InChI=1S/C15H31NSi2/c1-15(2,3)14-11-10-13(17(4,5)6)12-16(14)18(7,8)9/h10-12,14H,1-9H3. The van der Waals surface area contributed by atoms with Gasteiger partial charge < -0.3 is 4.57 Å². The Morgan fingerprint density at radius 1 is 1.00 bits per heavy atom. The molecule has 0 radical (unpaired) electrons. The van der Waals surface area contributed by atoms with E-state index in [0.29, 0.717) is 11.5 Å². The molecule has 1 aliphatic heterocycles. The second-order valence-corrected chi connectivity index (χ2v) is 18.5. The summed E-state index contributed by atoms with van der Waals surface area (Å²) >= 11 is 0. The van der Waals surface area contributed by atoms with Gasteiger partial charge in [-0.15, -0.1) is 0 Å². The van der Waals surface area contributed by atoms with Gasteiger partial charge in [0.1, 0.15) is 8.24 Å². The summed E-state index contributed by atoms with van der Waals surface area (Å²) in [6.45, 7) is 21.7. The number of nitrogens with zero attached hydrogens (tertiary/aromatic N) is 1. The van der Waals surface area contributed by atoms with E-state index in [1.807, 2.05) is 0 Å². The molecule has 104 valence electrons. The van der Waals surface area contributed by atoms with Crippen LogP contribution in [0.3, 0.4) is 0 Å².